The summed E-state index contributed by atoms with van der Waals surface area (Å²) in [6, 6.07) is -3.68. The molecule has 374 valence electrons. The number of esters is 1. The summed E-state index contributed by atoms with van der Waals surface area (Å²) in [6.45, 7) is 23.0. The number of alkyl halides is 6. The standard InChI is InChI=1S/C14H24F2N2O3.C12H19F2NO4.C9H16F2N2O.C4H8O2.2CH4.ClH/c1-7-17-10(19)9-13(5,6)14(15,16)8-18(9)11(20)21-12(2,3)4;1-10(2,3)19-9(18)15-6-12(13,14)11(4,5)7(15)8(16)17;1-4-12-7(14)6-8(2,3)9(10,11)5-13-6;1-3-6-4(2)5;;;/h9H,7-8H2,1-6H3,(H,17,19);7H,6H2,1-5H3,(H,16,17);6,13H,4-5H2,1-3H3,(H,12,14);3H2,1-2H3;2*1H4;1H. The van der Waals surface area contributed by atoms with Crippen molar-refractivity contribution in [2.45, 2.75) is 173 Å². The van der Waals surface area contributed by atoms with Crippen LogP contribution in [0.1, 0.15) is 126 Å². The topological polar surface area (TPSA) is 193 Å². The highest BCUT2D eigenvalue weighted by molar-refractivity contribution is 5.88. The lowest BCUT2D eigenvalue weighted by Crippen LogP contribution is -2.53. The van der Waals surface area contributed by atoms with Gasteiger partial charge in [-0.05, 0) is 62.3 Å². The minimum atomic E-state index is -3.28. The number of hydrogen-bond donors (Lipinski definition) is 4. The van der Waals surface area contributed by atoms with Crippen LogP contribution in [0.25, 0.3) is 0 Å². The number of carbonyl (C=O) groups excluding carboxylic acids is 5. The first-order valence-corrected chi connectivity index (χ1v) is 19.5. The number of halogens is 7. The second-order valence-corrected chi connectivity index (χ2v) is 18.2. The molecular weight excluding hydrogens is 872 g/mol. The molecule has 3 heterocycles. The van der Waals surface area contributed by atoms with Crippen molar-refractivity contribution < 1.29 is 74.4 Å². The summed E-state index contributed by atoms with van der Waals surface area (Å²) >= 11 is 0. The predicted molar refractivity (Wildman–Crippen MR) is 229 cm³/mol. The minimum absolute atomic E-state index is 0. The molecule has 0 aromatic heterocycles. The van der Waals surface area contributed by atoms with E-state index in [4.69, 9.17) is 14.6 Å². The maximum absolute atomic E-state index is 14.2. The zero-order valence-electron chi connectivity index (χ0n) is 38.2. The van der Waals surface area contributed by atoms with Gasteiger partial charge in [0, 0.05) is 20.0 Å². The highest BCUT2D eigenvalue weighted by Crippen LogP contribution is 2.49. The molecule has 3 unspecified atom stereocenters. The molecule has 3 atom stereocenters. The number of likely N-dealkylation sites (N-methyl/N-ethyl adjacent to an activating group) is 2. The molecule has 0 bridgehead atoms. The van der Waals surface area contributed by atoms with Crippen molar-refractivity contribution in [1.29, 1.82) is 0 Å². The van der Waals surface area contributed by atoms with Crippen LogP contribution in [0.2, 0.25) is 0 Å². The summed E-state index contributed by atoms with van der Waals surface area (Å²) in [5.41, 5.74) is -6.53. The number of rotatable bonds is 6. The SMILES string of the molecule is C.C.CC(C)(C)OC(=O)N1CC(F)(F)C(C)(C)C1C(=O)O.CCNC(=O)C1N(C(=O)OC(C)(C)C)CC(F)(F)C1(C)C.CCNC(=O)C1NCC(F)(F)C1(C)C.CCOC(C)=O.Cl. The summed E-state index contributed by atoms with van der Waals surface area (Å²) in [6.07, 6.45) is -1.94. The molecular formula is C41H76ClF6N5O10. The molecule has 4 N–H and O–H groups in total. The fourth-order valence-electron chi connectivity index (χ4n) is 6.18. The largest absolute Gasteiger partial charge is 0.480 e. The Morgan fingerprint density at radius 2 is 1.00 bits per heavy atom. The maximum Gasteiger partial charge on any atom is 0.411 e. The zero-order chi connectivity index (χ0) is 47.8. The van der Waals surface area contributed by atoms with Crippen LogP contribution in [0, 0.1) is 16.2 Å². The number of nitrogens with one attached hydrogen (secondary N) is 3. The molecule has 22 heteroatoms. The first kappa shape index (κ1) is 65.9. The van der Waals surface area contributed by atoms with Crippen LogP contribution in [0.4, 0.5) is 35.9 Å². The number of hydrogen-bond acceptors (Lipinski definition) is 10. The van der Waals surface area contributed by atoms with Gasteiger partial charge in [0.2, 0.25) is 11.8 Å². The number of amides is 4. The van der Waals surface area contributed by atoms with Gasteiger partial charge in [-0.15, -0.1) is 12.4 Å². The fraction of sp³-hybridized carbons (Fsp3) is 0.854. The Kier molecular flexibility index (Phi) is 25.1. The van der Waals surface area contributed by atoms with E-state index in [1.54, 1.807) is 62.3 Å². The van der Waals surface area contributed by atoms with Crippen molar-refractivity contribution in [2.75, 3.05) is 39.3 Å². The molecule has 3 fully saturated rings. The number of carbonyl (C=O) groups is 6. The number of ether oxygens (including phenoxy) is 3. The van der Waals surface area contributed by atoms with Gasteiger partial charge in [-0.1, -0.05) is 56.4 Å². The Morgan fingerprint density at radius 3 is 1.27 bits per heavy atom. The zero-order valence-corrected chi connectivity index (χ0v) is 39.0. The summed E-state index contributed by atoms with van der Waals surface area (Å²) in [4.78, 5) is 70.0. The molecule has 0 radical (unpaired) electrons. The molecule has 3 saturated heterocycles. The Labute approximate surface area is 376 Å². The first-order chi connectivity index (χ1) is 26.7. The van der Waals surface area contributed by atoms with E-state index in [0.717, 1.165) is 18.7 Å². The van der Waals surface area contributed by atoms with Gasteiger partial charge >= 0.3 is 24.1 Å². The number of aliphatic carboxylic acids is 1. The summed E-state index contributed by atoms with van der Waals surface area (Å²) in [7, 11) is 0. The van der Waals surface area contributed by atoms with Crippen molar-refractivity contribution in [3.63, 3.8) is 0 Å². The molecule has 63 heavy (non-hydrogen) atoms. The van der Waals surface area contributed by atoms with Crippen molar-refractivity contribution in [2.24, 2.45) is 16.2 Å². The van der Waals surface area contributed by atoms with Gasteiger partial charge in [-0.2, -0.15) is 0 Å². The van der Waals surface area contributed by atoms with Crippen LogP contribution in [0.3, 0.4) is 0 Å². The summed E-state index contributed by atoms with van der Waals surface area (Å²) < 4.78 is 97.3. The summed E-state index contributed by atoms with van der Waals surface area (Å²) in [5, 5.41) is 16.7. The van der Waals surface area contributed by atoms with E-state index in [-0.39, 0.29) is 39.1 Å². The second-order valence-electron chi connectivity index (χ2n) is 18.2. The first-order valence-electron chi connectivity index (χ1n) is 19.5. The Bertz CT molecular complexity index is 1540. The Balaban J connectivity index is -0.000000385. The van der Waals surface area contributed by atoms with Crippen LogP contribution in [0.5, 0.6) is 0 Å². The van der Waals surface area contributed by atoms with Crippen molar-refractivity contribution in [3.05, 3.63) is 0 Å². The van der Waals surface area contributed by atoms with E-state index >= 15 is 0 Å². The molecule has 15 nitrogen and oxygen atoms in total. The highest BCUT2D eigenvalue weighted by atomic mass is 35.5. The lowest BCUT2D eigenvalue weighted by atomic mass is 9.81. The van der Waals surface area contributed by atoms with E-state index in [1.807, 2.05) is 0 Å². The van der Waals surface area contributed by atoms with E-state index < -0.39 is 107 Å². The molecule has 4 amide bonds. The monoisotopic (exact) mass is 948 g/mol. The van der Waals surface area contributed by atoms with Crippen molar-refractivity contribution in [3.8, 4) is 0 Å². The van der Waals surface area contributed by atoms with E-state index in [1.165, 1.54) is 34.6 Å². The van der Waals surface area contributed by atoms with Gasteiger partial charge in [0.05, 0.1) is 48.5 Å². The quantitative estimate of drug-likeness (QED) is 0.116. The molecule has 3 rings (SSSR count). The van der Waals surface area contributed by atoms with Crippen molar-refractivity contribution in [1.82, 2.24) is 25.8 Å². The smallest absolute Gasteiger partial charge is 0.411 e. The molecule has 3 aliphatic rings. The second kappa shape index (κ2) is 24.0. The Morgan fingerprint density at radius 1 is 0.651 bits per heavy atom. The van der Waals surface area contributed by atoms with E-state index in [9.17, 15) is 55.1 Å². The predicted octanol–water partition coefficient (Wildman–Crippen LogP) is 7.77. The van der Waals surface area contributed by atoms with Crippen LogP contribution in [-0.2, 0) is 33.4 Å². The third-order valence-electron chi connectivity index (χ3n) is 9.86. The molecule has 0 aromatic carbocycles. The van der Waals surface area contributed by atoms with Gasteiger partial charge < -0.3 is 30.0 Å². The van der Waals surface area contributed by atoms with Crippen LogP contribution >= 0.6 is 12.4 Å². The lowest BCUT2D eigenvalue weighted by molar-refractivity contribution is -0.149. The van der Waals surface area contributed by atoms with Crippen molar-refractivity contribution >= 4 is 48.3 Å². The summed E-state index contributed by atoms with van der Waals surface area (Å²) in [5.74, 6) is -11.9. The fourth-order valence-corrected chi connectivity index (χ4v) is 6.18. The Hall–Kier alpha value is -3.75. The average Bonchev–Trinajstić information content (AvgIpc) is 3.46. The highest BCUT2D eigenvalue weighted by Gasteiger charge is 2.66. The third-order valence-corrected chi connectivity index (χ3v) is 9.86. The van der Waals surface area contributed by atoms with Crippen LogP contribution in [0.15, 0.2) is 0 Å². The molecule has 0 saturated carbocycles. The van der Waals surface area contributed by atoms with Gasteiger partial charge in [0.25, 0.3) is 17.8 Å². The average molecular weight is 949 g/mol. The molecule has 0 aliphatic carbocycles. The van der Waals surface area contributed by atoms with E-state index in [2.05, 4.69) is 20.7 Å². The lowest BCUT2D eigenvalue weighted by Gasteiger charge is -2.33. The van der Waals surface area contributed by atoms with Gasteiger partial charge in [-0.25, -0.2) is 40.7 Å². The van der Waals surface area contributed by atoms with Gasteiger partial charge in [0.1, 0.15) is 23.3 Å². The minimum Gasteiger partial charge on any atom is -0.480 e. The number of nitrogens with zero attached hydrogens (tertiary/aromatic N) is 2. The molecule has 0 spiro atoms. The number of likely N-dealkylation sites (tertiary alicyclic amines) is 2. The number of carboxylic acid groups (broad SMARTS) is 1. The van der Waals surface area contributed by atoms with Gasteiger partial charge in [0.15, 0.2) is 0 Å². The van der Waals surface area contributed by atoms with Gasteiger partial charge in [-0.3, -0.25) is 29.5 Å². The third kappa shape index (κ3) is 17.0. The molecule has 3 aliphatic heterocycles. The molecule has 0 aromatic rings. The van der Waals surface area contributed by atoms with E-state index in [0.29, 0.717) is 24.6 Å². The van der Waals surface area contributed by atoms with Crippen LogP contribution in [-0.4, -0.2) is 137 Å². The maximum atomic E-state index is 14.2. The normalized spacial score (nSPS) is 22.7. The van der Waals surface area contributed by atoms with Crippen LogP contribution < -0.4 is 16.0 Å². The number of carboxylic acids is 1.